The molecule has 0 aromatic heterocycles. The highest BCUT2D eigenvalue weighted by atomic mass is 16.5. The molecule has 20 heavy (non-hydrogen) atoms. The van der Waals surface area contributed by atoms with Crippen LogP contribution < -0.4 is 10.6 Å². The number of rotatable bonds is 4. The lowest BCUT2D eigenvalue weighted by Gasteiger charge is -2.32. The average molecular weight is 284 g/mol. The van der Waals surface area contributed by atoms with Crippen LogP contribution in [0.25, 0.3) is 0 Å². The second kappa shape index (κ2) is 6.92. The monoisotopic (exact) mass is 284 g/mol. The van der Waals surface area contributed by atoms with E-state index in [0.29, 0.717) is 5.92 Å². The van der Waals surface area contributed by atoms with E-state index in [9.17, 15) is 9.59 Å². The summed E-state index contributed by atoms with van der Waals surface area (Å²) in [7, 11) is 0. The molecule has 1 aliphatic heterocycles. The summed E-state index contributed by atoms with van der Waals surface area (Å²) in [6.07, 6.45) is 5.61. The fraction of sp³-hybridized carbons (Fsp3) is 0.857. The Morgan fingerprint density at radius 1 is 1.15 bits per heavy atom. The maximum atomic E-state index is 12.0. The molecule has 4 unspecified atom stereocenters. The zero-order valence-corrected chi connectivity index (χ0v) is 11.9. The Morgan fingerprint density at radius 3 is 2.55 bits per heavy atom. The van der Waals surface area contributed by atoms with Crippen molar-refractivity contribution >= 4 is 12.0 Å². The Morgan fingerprint density at radius 2 is 1.85 bits per heavy atom. The second-order valence-electron chi connectivity index (χ2n) is 5.77. The summed E-state index contributed by atoms with van der Waals surface area (Å²) in [4.78, 5) is 23.1. The van der Waals surface area contributed by atoms with Gasteiger partial charge in [0.15, 0.2) is 0 Å². The minimum Gasteiger partial charge on any atom is -0.481 e. The molecule has 0 radical (unpaired) electrons. The number of carbonyl (C=O) groups is 2. The number of carboxylic acid groups (broad SMARTS) is 1. The summed E-state index contributed by atoms with van der Waals surface area (Å²) >= 11 is 0. The van der Waals surface area contributed by atoms with Crippen LogP contribution in [0, 0.1) is 11.8 Å². The topological polar surface area (TPSA) is 87.7 Å². The molecule has 2 amide bonds. The van der Waals surface area contributed by atoms with Gasteiger partial charge in [-0.1, -0.05) is 26.2 Å². The maximum absolute atomic E-state index is 12.0. The van der Waals surface area contributed by atoms with Crippen molar-refractivity contribution in [3.05, 3.63) is 0 Å². The molecule has 2 aliphatic rings. The summed E-state index contributed by atoms with van der Waals surface area (Å²) in [6.45, 7) is 2.58. The Labute approximate surface area is 119 Å². The molecule has 2 fully saturated rings. The van der Waals surface area contributed by atoms with Crippen LogP contribution in [0.3, 0.4) is 0 Å². The van der Waals surface area contributed by atoms with E-state index in [4.69, 9.17) is 9.84 Å². The van der Waals surface area contributed by atoms with E-state index in [0.717, 1.165) is 25.7 Å². The predicted molar refractivity (Wildman–Crippen MR) is 73.4 cm³/mol. The minimum absolute atomic E-state index is 0.168. The maximum Gasteiger partial charge on any atom is 0.315 e. The number of urea groups is 1. The van der Waals surface area contributed by atoms with Gasteiger partial charge >= 0.3 is 12.0 Å². The first-order valence-electron chi connectivity index (χ1n) is 7.49. The standard InChI is InChI=1S/C14H24N2O4/c1-2-9-5-3-4-6-11(9)15-14(19)16-12-8-20-7-10(12)13(17)18/h9-12H,2-8H2,1H3,(H,17,18)(H2,15,16,19). The first kappa shape index (κ1) is 15.1. The van der Waals surface area contributed by atoms with Gasteiger partial charge in [0.2, 0.25) is 0 Å². The first-order chi connectivity index (χ1) is 9.61. The van der Waals surface area contributed by atoms with E-state index >= 15 is 0 Å². The second-order valence-corrected chi connectivity index (χ2v) is 5.77. The molecule has 0 bridgehead atoms. The third kappa shape index (κ3) is 3.62. The first-order valence-corrected chi connectivity index (χ1v) is 7.49. The van der Waals surface area contributed by atoms with Gasteiger partial charge in [-0.15, -0.1) is 0 Å². The van der Waals surface area contributed by atoms with Gasteiger partial charge in [-0.25, -0.2) is 4.79 Å². The van der Waals surface area contributed by atoms with Crippen LogP contribution in [-0.4, -0.2) is 42.4 Å². The molecule has 114 valence electrons. The number of carboxylic acids is 1. The fourth-order valence-electron chi connectivity index (χ4n) is 3.20. The zero-order valence-electron chi connectivity index (χ0n) is 11.9. The lowest BCUT2D eigenvalue weighted by molar-refractivity contribution is -0.142. The molecule has 6 heteroatoms. The number of amides is 2. The molecule has 1 aliphatic carbocycles. The Hall–Kier alpha value is -1.30. The lowest BCUT2D eigenvalue weighted by Crippen LogP contribution is -2.51. The Balaban J connectivity index is 1.84. The van der Waals surface area contributed by atoms with Crippen LogP contribution in [0.2, 0.25) is 0 Å². The summed E-state index contributed by atoms with van der Waals surface area (Å²) in [5.41, 5.74) is 0. The molecule has 1 saturated carbocycles. The quantitative estimate of drug-likeness (QED) is 0.727. The molecule has 0 aromatic rings. The van der Waals surface area contributed by atoms with Gasteiger partial charge in [-0.3, -0.25) is 4.79 Å². The SMILES string of the molecule is CCC1CCCCC1NC(=O)NC1COCC1C(=O)O. The molecule has 1 saturated heterocycles. The van der Waals surface area contributed by atoms with Crippen LogP contribution in [0.4, 0.5) is 4.79 Å². The van der Waals surface area contributed by atoms with Gasteiger partial charge in [0.1, 0.15) is 5.92 Å². The van der Waals surface area contributed by atoms with Crippen LogP contribution >= 0.6 is 0 Å². The Kier molecular flexibility index (Phi) is 5.23. The molecule has 6 nitrogen and oxygen atoms in total. The predicted octanol–water partition coefficient (Wildman–Crippen LogP) is 1.35. The van der Waals surface area contributed by atoms with Gasteiger partial charge in [0.05, 0.1) is 19.3 Å². The van der Waals surface area contributed by atoms with Crippen molar-refractivity contribution in [3.8, 4) is 0 Å². The van der Waals surface area contributed by atoms with Crippen LogP contribution in [0.1, 0.15) is 39.0 Å². The molecular weight excluding hydrogens is 260 g/mol. The number of aliphatic carboxylic acids is 1. The summed E-state index contributed by atoms with van der Waals surface area (Å²) in [5, 5.41) is 14.8. The van der Waals surface area contributed by atoms with Gasteiger partial charge < -0.3 is 20.5 Å². The van der Waals surface area contributed by atoms with Crippen molar-refractivity contribution in [3.63, 3.8) is 0 Å². The third-order valence-electron chi connectivity index (χ3n) is 4.46. The van der Waals surface area contributed by atoms with Gasteiger partial charge in [-0.2, -0.15) is 0 Å². The van der Waals surface area contributed by atoms with E-state index in [1.54, 1.807) is 0 Å². The van der Waals surface area contributed by atoms with Crippen molar-refractivity contribution < 1.29 is 19.4 Å². The van der Waals surface area contributed by atoms with Crippen molar-refractivity contribution in [2.24, 2.45) is 11.8 Å². The summed E-state index contributed by atoms with van der Waals surface area (Å²) in [6, 6.07) is -0.493. The smallest absolute Gasteiger partial charge is 0.315 e. The van der Waals surface area contributed by atoms with E-state index < -0.39 is 17.9 Å². The largest absolute Gasteiger partial charge is 0.481 e. The number of carbonyl (C=O) groups excluding carboxylic acids is 1. The molecule has 4 atom stereocenters. The number of nitrogens with one attached hydrogen (secondary N) is 2. The van der Waals surface area contributed by atoms with Crippen LogP contribution in [0.5, 0.6) is 0 Å². The van der Waals surface area contributed by atoms with E-state index in [2.05, 4.69) is 17.6 Å². The van der Waals surface area contributed by atoms with Crippen molar-refractivity contribution in [2.45, 2.75) is 51.1 Å². The molecule has 0 spiro atoms. The van der Waals surface area contributed by atoms with Crippen molar-refractivity contribution in [2.75, 3.05) is 13.2 Å². The van der Waals surface area contributed by atoms with Gasteiger partial charge in [0.25, 0.3) is 0 Å². The highest BCUT2D eigenvalue weighted by molar-refractivity contribution is 5.77. The van der Waals surface area contributed by atoms with Gasteiger partial charge in [-0.05, 0) is 18.8 Å². The number of hydrogen-bond donors (Lipinski definition) is 3. The Bertz CT molecular complexity index is 361. The van der Waals surface area contributed by atoms with E-state index in [-0.39, 0.29) is 25.3 Å². The summed E-state index contributed by atoms with van der Waals surface area (Å²) < 4.78 is 5.14. The normalized spacial score (nSPS) is 33.6. The van der Waals surface area contributed by atoms with Crippen LogP contribution in [-0.2, 0) is 9.53 Å². The molecule has 2 rings (SSSR count). The summed E-state index contributed by atoms with van der Waals surface area (Å²) in [5.74, 6) is -1.03. The zero-order chi connectivity index (χ0) is 14.5. The van der Waals surface area contributed by atoms with Gasteiger partial charge in [0, 0.05) is 6.04 Å². The van der Waals surface area contributed by atoms with Crippen molar-refractivity contribution in [1.29, 1.82) is 0 Å². The molecule has 1 heterocycles. The number of ether oxygens (including phenoxy) is 1. The third-order valence-corrected chi connectivity index (χ3v) is 4.46. The number of hydrogen-bond acceptors (Lipinski definition) is 3. The molecule has 3 N–H and O–H groups in total. The average Bonchev–Trinajstić information content (AvgIpc) is 2.87. The highest BCUT2D eigenvalue weighted by Gasteiger charge is 2.35. The van der Waals surface area contributed by atoms with Crippen molar-refractivity contribution in [1.82, 2.24) is 10.6 Å². The van der Waals surface area contributed by atoms with E-state index in [1.807, 2.05) is 0 Å². The highest BCUT2D eigenvalue weighted by Crippen LogP contribution is 2.26. The van der Waals surface area contributed by atoms with Crippen LogP contribution in [0.15, 0.2) is 0 Å². The molecule has 0 aromatic carbocycles. The van der Waals surface area contributed by atoms with E-state index in [1.165, 1.54) is 6.42 Å². The minimum atomic E-state index is -0.920. The molecular formula is C14H24N2O4. The lowest BCUT2D eigenvalue weighted by atomic mass is 9.83. The fourth-order valence-corrected chi connectivity index (χ4v) is 3.20.